The monoisotopic (exact) mass is 676 g/mol. The van der Waals surface area contributed by atoms with E-state index < -0.39 is 18.4 Å². The number of para-hydroxylation sites is 4. The summed E-state index contributed by atoms with van der Waals surface area (Å²) in [6, 6.07) is 56.1. The van der Waals surface area contributed by atoms with Crippen LogP contribution < -0.4 is 17.0 Å². The SMILES string of the molecule is [CH3][Sn]1([CH3])[c]2ccc(N(c3ccccc3)c3ccccc3)cc2-c2oc3ccc(N(c4ccccc4)c4ccccc4)cc3[c]21. The molecule has 0 atom stereocenters. The minimum absolute atomic E-state index is 0.962. The molecular weight excluding hydrogens is 643 g/mol. The Labute approximate surface area is 262 Å². The third-order valence-electron chi connectivity index (χ3n) is 8.79. The summed E-state index contributed by atoms with van der Waals surface area (Å²) in [5, 5.41) is 1.25. The zero-order valence-electron chi connectivity index (χ0n) is 24.8. The Morgan fingerprint density at radius 3 is 1.36 bits per heavy atom. The van der Waals surface area contributed by atoms with E-state index in [2.05, 4.69) is 177 Å². The summed E-state index contributed by atoms with van der Waals surface area (Å²) in [7, 11) is 0. The van der Waals surface area contributed by atoms with Crippen LogP contribution in [0, 0.1) is 0 Å². The van der Waals surface area contributed by atoms with E-state index in [0.29, 0.717) is 0 Å². The molecule has 4 heteroatoms. The summed E-state index contributed by atoms with van der Waals surface area (Å²) >= 11 is -3.00. The number of hydrogen-bond donors (Lipinski definition) is 0. The number of hydrogen-bond acceptors (Lipinski definition) is 3. The van der Waals surface area contributed by atoms with Crippen molar-refractivity contribution in [1.82, 2.24) is 0 Å². The van der Waals surface area contributed by atoms with Crippen molar-refractivity contribution in [1.29, 1.82) is 0 Å². The molecule has 1 aliphatic heterocycles. The molecule has 44 heavy (non-hydrogen) atoms. The van der Waals surface area contributed by atoms with Gasteiger partial charge in [-0.05, 0) is 0 Å². The fourth-order valence-corrected chi connectivity index (χ4v) is 16.1. The van der Waals surface area contributed by atoms with E-state index in [0.717, 1.165) is 45.5 Å². The summed E-state index contributed by atoms with van der Waals surface area (Å²) in [6.07, 6.45) is 0. The number of nitrogens with zero attached hydrogens (tertiary/aromatic N) is 2. The molecule has 0 saturated heterocycles. The Balaban J connectivity index is 1.29. The maximum absolute atomic E-state index is 6.78. The quantitative estimate of drug-likeness (QED) is 0.164. The molecule has 3 nitrogen and oxygen atoms in total. The summed E-state index contributed by atoms with van der Waals surface area (Å²) < 4.78 is 9.73. The van der Waals surface area contributed by atoms with Crippen LogP contribution in [-0.4, -0.2) is 18.4 Å². The molecule has 0 unspecified atom stereocenters. The Morgan fingerprint density at radius 1 is 0.455 bits per heavy atom. The second-order valence-corrected chi connectivity index (χ2v) is 24.1. The van der Waals surface area contributed by atoms with E-state index in [1.165, 1.54) is 18.1 Å². The number of anilines is 6. The van der Waals surface area contributed by atoms with Crippen molar-refractivity contribution in [2.24, 2.45) is 0 Å². The van der Waals surface area contributed by atoms with Crippen LogP contribution in [0.15, 0.2) is 162 Å². The molecule has 0 N–H and O–H groups in total. The van der Waals surface area contributed by atoms with Crippen LogP contribution in [0.5, 0.6) is 0 Å². The van der Waals surface area contributed by atoms with Crippen molar-refractivity contribution in [2.45, 2.75) is 9.88 Å². The van der Waals surface area contributed by atoms with Crippen LogP contribution in [0.1, 0.15) is 0 Å². The van der Waals surface area contributed by atoms with Gasteiger partial charge in [-0.1, -0.05) is 0 Å². The van der Waals surface area contributed by atoms with Crippen molar-refractivity contribution in [3.8, 4) is 11.3 Å². The Kier molecular flexibility index (Phi) is 6.57. The molecule has 0 radical (unpaired) electrons. The van der Waals surface area contributed by atoms with Crippen molar-refractivity contribution in [3.05, 3.63) is 158 Å². The number of rotatable bonds is 6. The van der Waals surface area contributed by atoms with E-state index in [-0.39, 0.29) is 0 Å². The molecule has 8 rings (SSSR count). The fraction of sp³-hybridized carbons (Fsp3) is 0.0500. The van der Waals surface area contributed by atoms with E-state index in [1.54, 1.807) is 0 Å². The van der Waals surface area contributed by atoms with Crippen molar-refractivity contribution in [2.75, 3.05) is 9.80 Å². The van der Waals surface area contributed by atoms with Gasteiger partial charge in [0.2, 0.25) is 0 Å². The first kappa shape index (κ1) is 26.9. The van der Waals surface area contributed by atoms with Gasteiger partial charge in [0.15, 0.2) is 0 Å². The van der Waals surface area contributed by atoms with E-state index in [4.69, 9.17) is 4.42 Å². The average Bonchev–Trinajstić information content (AvgIpc) is 3.56. The van der Waals surface area contributed by atoms with Crippen LogP contribution in [0.25, 0.3) is 22.3 Å². The van der Waals surface area contributed by atoms with Gasteiger partial charge in [0.05, 0.1) is 0 Å². The molecular formula is C40H32N2OSn. The summed E-state index contributed by atoms with van der Waals surface area (Å²) in [5.74, 6) is 1.06. The van der Waals surface area contributed by atoms with Gasteiger partial charge in [-0.25, -0.2) is 0 Å². The van der Waals surface area contributed by atoms with E-state index >= 15 is 0 Å². The fourth-order valence-electron chi connectivity index (χ4n) is 6.78. The molecule has 0 saturated carbocycles. The van der Waals surface area contributed by atoms with Gasteiger partial charge >= 0.3 is 264 Å². The molecule has 0 amide bonds. The third kappa shape index (κ3) is 4.42. The Hall–Kier alpha value is -4.74. The zero-order valence-corrected chi connectivity index (χ0v) is 27.7. The maximum atomic E-state index is 6.78. The normalized spacial score (nSPS) is 13.0. The van der Waals surface area contributed by atoms with Crippen LogP contribution in [0.2, 0.25) is 9.88 Å². The molecule has 6 aromatic carbocycles. The van der Waals surface area contributed by atoms with Crippen molar-refractivity contribution < 1.29 is 4.42 Å². The first-order chi connectivity index (χ1) is 21.6. The molecule has 0 aliphatic carbocycles. The first-order valence-corrected chi connectivity index (χ1v) is 23.7. The predicted molar refractivity (Wildman–Crippen MR) is 188 cm³/mol. The first-order valence-electron chi connectivity index (χ1n) is 15.1. The molecule has 7 aromatic rings. The second-order valence-electron chi connectivity index (χ2n) is 11.9. The Morgan fingerprint density at radius 2 is 0.886 bits per heavy atom. The molecule has 0 bridgehead atoms. The van der Waals surface area contributed by atoms with E-state index in [9.17, 15) is 0 Å². The van der Waals surface area contributed by atoms with Crippen molar-refractivity contribution in [3.63, 3.8) is 0 Å². The van der Waals surface area contributed by atoms with Crippen LogP contribution in [0.3, 0.4) is 0 Å². The summed E-state index contributed by atoms with van der Waals surface area (Å²) in [4.78, 5) is 9.72. The van der Waals surface area contributed by atoms with E-state index in [1.807, 2.05) is 0 Å². The minimum atomic E-state index is -3.00. The van der Waals surface area contributed by atoms with Crippen molar-refractivity contribution >= 4 is 70.6 Å². The number of furan rings is 1. The van der Waals surface area contributed by atoms with Gasteiger partial charge in [-0.15, -0.1) is 0 Å². The number of benzene rings is 6. The van der Waals surface area contributed by atoms with Gasteiger partial charge in [0, 0.05) is 0 Å². The van der Waals surface area contributed by atoms with Gasteiger partial charge in [-0.2, -0.15) is 0 Å². The second kappa shape index (κ2) is 10.8. The topological polar surface area (TPSA) is 19.6 Å². The van der Waals surface area contributed by atoms with Gasteiger partial charge in [-0.3, -0.25) is 0 Å². The van der Waals surface area contributed by atoms with Crippen LogP contribution in [0.4, 0.5) is 34.1 Å². The van der Waals surface area contributed by atoms with Crippen LogP contribution >= 0.6 is 0 Å². The zero-order chi connectivity index (χ0) is 29.7. The summed E-state index contributed by atoms with van der Waals surface area (Å²) in [6.45, 7) is 0. The van der Waals surface area contributed by atoms with Crippen LogP contribution in [-0.2, 0) is 0 Å². The van der Waals surface area contributed by atoms with Gasteiger partial charge in [0.1, 0.15) is 0 Å². The van der Waals surface area contributed by atoms with Gasteiger partial charge < -0.3 is 0 Å². The molecule has 212 valence electrons. The third-order valence-corrected chi connectivity index (χ3v) is 18.9. The molecule has 0 fully saturated rings. The average molecular weight is 675 g/mol. The molecule has 2 heterocycles. The predicted octanol–water partition coefficient (Wildman–Crippen LogP) is 10.2. The molecule has 0 spiro atoms. The standard InChI is InChI=1S/C38H26N2O.2CH3.Sn/c1-5-15-31(16-6-1)39(32-17-7-2-8-18-32)35-23-13-14-29(26-35)38-28-30-27-36(24-25-37(30)41-38)40(33-19-9-3-10-20-33)34-21-11-4-12-22-34;;;/h1-13,15-27H;2*1H3;. The summed E-state index contributed by atoms with van der Waals surface area (Å²) in [5.41, 5.74) is 9.02. The molecule has 1 aliphatic rings. The Bertz CT molecular complexity index is 2010. The van der Waals surface area contributed by atoms with Gasteiger partial charge in [0.25, 0.3) is 0 Å². The molecule has 1 aromatic heterocycles. The number of fused-ring (bicyclic) bond motifs is 5.